The molecule has 2 amide bonds. The summed E-state index contributed by atoms with van der Waals surface area (Å²) >= 11 is 5.78. The maximum Gasteiger partial charge on any atom is 0.250 e. The SMILES string of the molecule is CC(CCc1ccccc1)NC(=O)COCC(=O)Nc1ccc(Cl)cc1. The molecule has 0 fully saturated rings. The summed E-state index contributed by atoms with van der Waals surface area (Å²) in [4.78, 5) is 23.6. The number of benzene rings is 2. The first-order valence-corrected chi connectivity index (χ1v) is 8.87. The highest BCUT2D eigenvalue weighted by Crippen LogP contribution is 2.13. The average Bonchev–Trinajstić information content (AvgIpc) is 2.63. The quantitative estimate of drug-likeness (QED) is 0.706. The van der Waals surface area contributed by atoms with Crippen molar-refractivity contribution in [2.45, 2.75) is 25.8 Å². The molecule has 0 radical (unpaired) electrons. The van der Waals surface area contributed by atoms with Crippen LogP contribution in [0.5, 0.6) is 0 Å². The molecular weight excluding hydrogens is 352 g/mol. The van der Waals surface area contributed by atoms with Crippen molar-refractivity contribution < 1.29 is 14.3 Å². The lowest BCUT2D eigenvalue weighted by Gasteiger charge is -2.14. The number of carbonyl (C=O) groups is 2. The number of aryl methyl sites for hydroxylation is 1. The van der Waals surface area contributed by atoms with Gasteiger partial charge in [0.1, 0.15) is 13.2 Å². The van der Waals surface area contributed by atoms with E-state index in [0.29, 0.717) is 10.7 Å². The van der Waals surface area contributed by atoms with E-state index in [2.05, 4.69) is 22.8 Å². The molecule has 2 aromatic rings. The van der Waals surface area contributed by atoms with Gasteiger partial charge in [0.15, 0.2) is 0 Å². The van der Waals surface area contributed by atoms with E-state index in [-0.39, 0.29) is 31.1 Å². The zero-order valence-corrected chi connectivity index (χ0v) is 15.5. The zero-order valence-electron chi connectivity index (χ0n) is 14.7. The van der Waals surface area contributed by atoms with Crippen LogP contribution in [0.3, 0.4) is 0 Å². The van der Waals surface area contributed by atoms with Gasteiger partial charge >= 0.3 is 0 Å². The Morgan fingerprint density at radius 1 is 1.00 bits per heavy atom. The van der Waals surface area contributed by atoms with E-state index < -0.39 is 0 Å². The van der Waals surface area contributed by atoms with E-state index in [1.165, 1.54) is 5.56 Å². The molecule has 138 valence electrons. The largest absolute Gasteiger partial charge is 0.362 e. The number of carbonyl (C=O) groups excluding carboxylic acids is 2. The van der Waals surface area contributed by atoms with Gasteiger partial charge in [0, 0.05) is 16.8 Å². The Balaban J connectivity index is 1.60. The minimum Gasteiger partial charge on any atom is -0.362 e. The van der Waals surface area contributed by atoms with E-state index in [0.717, 1.165) is 12.8 Å². The van der Waals surface area contributed by atoms with Crippen molar-refractivity contribution in [1.29, 1.82) is 0 Å². The summed E-state index contributed by atoms with van der Waals surface area (Å²) in [5.74, 6) is -0.554. The van der Waals surface area contributed by atoms with Crippen molar-refractivity contribution in [3.8, 4) is 0 Å². The van der Waals surface area contributed by atoms with E-state index in [1.54, 1.807) is 24.3 Å². The highest BCUT2D eigenvalue weighted by atomic mass is 35.5. The minimum absolute atomic E-state index is 0.0363. The first kappa shape index (κ1) is 19.9. The number of hydrogen-bond donors (Lipinski definition) is 2. The summed E-state index contributed by atoms with van der Waals surface area (Å²) in [5, 5.41) is 6.13. The predicted molar refractivity (Wildman–Crippen MR) is 103 cm³/mol. The maximum atomic E-state index is 11.9. The van der Waals surface area contributed by atoms with Crippen molar-refractivity contribution in [3.63, 3.8) is 0 Å². The normalized spacial score (nSPS) is 11.6. The van der Waals surface area contributed by atoms with Crippen molar-refractivity contribution in [1.82, 2.24) is 5.32 Å². The zero-order chi connectivity index (χ0) is 18.8. The summed E-state index contributed by atoms with van der Waals surface area (Å²) in [6, 6.07) is 16.9. The third kappa shape index (κ3) is 7.68. The van der Waals surface area contributed by atoms with Crippen LogP contribution in [-0.2, 0) is 20.7 Å². The van der Waals surface area contributed by atoms with Crippen molar-refractivity contribution in [3.05, 3.63) is 65.2 Å². The number of rotatable bonds is 9. The summed E-state index contributed by atoms with van der Waals surface area (Å²) in [6.45, 7) is 1.62. The predicted octanol–water partition coefficient (Wildman–Crippen LogP) is 3.43. The number of anilines is 1. The molecular formula is C20H23ClN2O3. The van der Waals surface area contributed by atoms with Gasteiger partial charge in [-0.05, 0) is 49.6 Å². The highest BCUT2D eigenvalue weighted by Gasteiger charge is 2.09. The van der Waals surface area contributed by atoms with Crippen LogP contribution in [-0.4, -0.2) is 31.1 Å². The van der Waals surface area contributed by atoms with Crippen molar-refractivity contribution >= 4 is 29.1 Å². The van der Waals surface area contributed by atoms with E-state index in [1.807, 2.05) is 25.1 Å². The molecule has 0 aliphatic heterocycles. The van der Waals surface area contributed by atoms with E-state index in [4.69, 9.17) is 16.3 Å². The molecule has 5 nitrogen and oxygen atoms in total. The molecule has 0 bridgehead atoms. The van der Waals surface area contributed by atoms with Gasteiger partial charge in [-0.25, -0.2) is 0 Å². The van der Waals surface area contributed by atoms with Gasteiger partial charge in [-0.15, -0.1) is 0 Å². The fourth-order valence-corrected chi connectivity index (χ4v) is 2.51. The third-order valence-corrected chi connectivity index (χ3v) is 3.96. The first-order valence-electron chi connectivity index (χ1n) is 8.49. The lowest BCUT2D eigenvalue weighted by Crippen LogP contribution is -2.36. The molecule has 2 aromatic carbocycles. The molecule has 0 heterocycles. The Hall–Kier alpha value is -2.37. The Morgan fingerprint density at radius 2 is 1.65 bits per heavy atom. The molecule has 6 heteroatoms. The van der Waals surface area contributed by atoms with Crippen LogP contribution in [0.15, 0.2) is 54.6 Å². The minimum atomic E-state index is -0.322. The molecule has 1 atom stereocenters. The number of ether oxygens (including phenoxy) is 1. The van der Waals surface area contributed by atoms with Crippen LogP contribution < -0.4 is 10.6 Å². The molecule has 0 saturated heterocycles. The molecule has 1 unspecified atom stereocenters. The van der Waals surface area contributed by atoms with E-state index >= 15 is 0 Å². The molecule has 2 N–H and O–H groups in total. The van der Waals surface area contributed by atoms with Gasteiger partial charge in [-0.1, -0.05) is 41.9 Å². The van der Waals surface area contributed by atoms with Crippen LogP contribution in [0.1, 0.15) is 18.9 Å². The monoisotopic (exact) mass is 374 g/mol. The second-order valence-corrected chi connectivity index (χ2v) is 6.48. The van der Waals surface area contributed by atoms with Crippen LogP contribution in [0.25, 0.3) is 0 Å². The number of nitrogens with one attached hydrogen (secondary N) is 2. The van der Waals surface area contributed by atoms with Crippen LogP contribution in [0.2, 0.25) is 5.02 Å². The molecule has 0 spiro atoms. The maximum absolute atomic E-state index is 11.9. The summed E-state index contributed by atoms with van der Waals surface area (Å²) < 4.78 is 5.17. The van der Waals surface area contributed by atoms with Crippen molar-refractivity contribution in [2.24, 2.45) is 0 Å². The second-order valence-electron chi connectivity index (χ2n) is 6.04. The Labute approximate surface area is 158 Å². The number of amides is 2. The van der Waals surface area contributed by atoms with Gasteiger partial charge in [-0.3, -0.25) is 9.59 Å². The third-order valence-electron chi connectivity index (χ3n) is 3.71. The molecule has 0 aromatic heterocycles. The lowest BCUT2D eigenvalue weighted by molar-refractivity contribution is -0.129. The Morgan fingerprint density at radius 3 is 2.35 bits per heavy atom. The van der Waals surface area contributed by atoms with Crippen LogP contribution in [0.4, 0.5) is 5.69 Å². The number of halogens is 1. The van der Waals surface area contributed by atoms with E-state index in [9.17, 15) is 9.59 Å². The standard InChI is InChI=1S/C20H23ClN2O3/c1-15(7-8-16-5-3-2-4-6-16)22-19(24)13-26-14-20(25)23-18-11-9-17(21)10-12-18/h2-6,9-12,15H,7-8,13-14H2,1H3,(H,22,24)(H,23,25). The molecule has 0 aliphatic carbocycles. The molecule has 0 aliphatic rings. The average molecular weight is 375 g/mol. The summed E-state index contributed by atoms with van der Waals surface area (Å²) in [5.41, 5.74) is 1.87. The molecule has 2 rings (SSSR count). The van der Waals surface area contributed by atoms with Gasteiger partial charge in [-0.2, -0.15) is 0 Å². The highest BCUT2D eigenvalue weighted by molar-refractivity contribution is 6.30. The van der Waals surface area contributed by atoms with Gasteiger partial charge in [0.2, 0.25) is 11.8 Å². The fourth-order valence-electron chi connectivity index (χ4n) is 2.38. The van der Waals surface area contributed by atoms with Crippen molar-refractivity contribution in [2.75, 3.05) is 18.5 Å². The lowest BCUT2D eigenvalue weighted by atomic mass is 10.1. The second kappa shape index (κ2) is 10.6. The number of hydrogen-bond acceptors (Lipinski definition) is 3. The van der Waals surface area contributed by atoms with Gasteiger partial charge < -0.3 is 15.4 Å². The Kier molecular flexibility index (Phi) is 8.12. The molecule has 26 heavy (non-hydrogen) atoms. The van der Waals surface area contributed by atoms with Crippen LogP contribution in [0, 0.1) is 0 Å². The van der Waals surface area contributed by atoms with Gasteiger partial charge in [0.05, 0.1) is 0 Å². The smallest absolute Gasteiger partial charge is 0.250 e. The van der Waals surface area contributed by atoms with Crippen LogP contribution >= 0.6 is 11.6 Å². The van der Waals surface area contributed by atoms with Gasteiger partial charge in [0.25, 0.3) is 0 Å². The fraction of sp³-hybridized carbons (Fsp3) is 0.300. The summed E-state index contributed by atoms with van der Waals surface area (Å²) in [7, 11) is 0. The Bertz CT molecular complexity index is 705. The first-order chi connectivity index (χ1) is 12.5. The summed E-state index contributed by atoms with van der Waals surface area (Å²) in [6.07, 6.45) is 1.74. The molecule has 0 saturated carbocycles. The topological polar surface area (TPSA) is 67.4 Å².